The van der Waals surface area contributed by atoms with E-state index in [1.54, 1.807) is 0 Å². The van der Waals surface area contributed by atoms with Gasteiger partial charge < -0.3 is 24.8 Å². The fourth-order valence-electron chi connectivity index (χ4n) is 6.79. The molecule has 2 aliphatic carbocycles. The van der Waals surface area contributed by atoms with Gasteiger partial charge in [-0.2, -0.15) is 0 Å². The van der Waals surface area contributed by atoms with Crippen LogP contribution >= 0.6 is 0 Å². The molecule has 3 atom stereocenters. The third-order valence-electron chi connectivity index (χ3n) is 9.11. The van der Waals surface area contributed by atoms with Gasteiger partial charge in [0.1, 0.15) is 0 Å². The number of allylic oxidation sites excluding steroid dienone is 2. The summed E-state index contributed by atoms with van der Waals surface area (Å²) >= 11 is 0. The summed E-state index contributed by atoms with van der Waals surface area (Å²) in [6, 6.07) is 2.39. The lowest BCUT2D eigenvalue weighted by molar-refractivity contribution is 0.153. The number of fused-ring (bicyclic) bond motifs is 1. The van der Waals surface area contributed by atoms with Crippen molar-refractivity contribution in [1.82, 2.24) is 19.8 Å². The van der Waals surface area contributed by atoms with Crippen molar-refractivity contribution >= 4 is 17.0 Å². The molecule has 2 aromatic rings. The largest absolute Gasteiger partial charge is 0.392 e. The number of hydrogen-bond acceptors (Lipinski definition) is 5. The molecule has 1 aromatic heterocycles. The van der Waals surface area contributed by atoms with Gasteiger partial charge in [0.05, 0.1) is 17.6 Å². The highest BCUT2D eigenvalue weighted by Gasteiger charge is 2.56. The van der Waals surface area contributed by atoms with Gasteiger partial charge >= 0.3 is 0 Å². The fraction of sp³-hybridized carbons (Fsp3) is 0.633. The van der Waals surface area contributed by atoms with Gasteiger partial charge in [-0.15, -0.1) is 0 Å². The van der Waals surface area contributed by atoms with E-state index in [2.05, 4.69) is 56.9 Å². The Hall–Kier alpha value is -2.29. The number of likely N-dealkylation sites (N-methyl/N-ethyl adjacent to an activating group) is 1. The molecule has 2 unspecified atom stereocenters. The zero-order valence-corrected chi connectivity index (χ0v) is 22.9. The van der Waals surface area contributed by atoms with Crippen molar-refractivity contribution in [3.63, 3.8) is 0 Å². The van der Waals surface area contributed by atoms with Gasteiger partial charge in [0.25, 0.3) is 0 Å². The van der Waals surface area contributed by atoms with E-state index >= 15 is 0 Å². The molecular formula is C30H43F2N5O. The van der Waals surface area contributed by atoms with Gasteiger partial charge in [-0.05, 0) is 68.5 Å². The number of aromatic nitrogens is 2. The monoisotopic (exact) mass is 527 g/mol. The summed E-state index contributed by atoms with van der Waals surface area (Å²) in [5, 5.41) is 9.69. The minimum Gasteiger partial charge on any atom is -0.392 e. The Balaban J connectivity index is 1.27. The molecule has 1 aliphatic heterocycles. The number of aliphatic hydroxyl groups is 1. The lowest BCUT2D eigenvalue weighted by Crippen LogP contribution is -2.45. The molecule has 208 valence electrons. The lowest BCUT2D eigenvalue weighted by Gasteiger charge is -2.33. The molecule has 0 bridgehead atoms. The molecule has 0 amide bonds. The van der Waals surface area contributed by atoms with E-state index in [1.807, 2.05) is 0 Å². The van der Waals surface area contributed by atoms with Crippen molar-refractivity contribution < 1.29 is 13.9 Å². The molecule has 8 heteroatoms. The quantitative estimate of drug-likeness (QED) is 0.408. The smallest absolute Gasteiger partial charge is 0.203 e. The van der Waals surface area contributed by atoms with Gasteiger partial charge in [0, 0.05) is 51.4 Å². The molecule has 3 aliphatic rings. The van der Waals surface area contributed by atoms with Crippen LogP contribution in [0.5, 0.6) is 0 Å². The van der Waals surface area contributed by atoms with E-state index in [4.69, 9.17) is 0 Å². The SMILES string of the molecule is CCC[C@]1(C2C=C(CO)C=CC2)CC1CCN(CCCN1CCN(C)CC1)c1nc2cc(F)c(F)cc2[nH]1. The summed E-state index contributed by atoms with van der Waals surface area (Å²) in [4.78, 5) is 15.1. The van der Waals surface area contributed by atoms with Crippen molar-refractivity contribution in [3.8, 4) is 0 Å². The topological polar surface area (TPSA) is 58.6 Å². The number of anilines is 1. The number of nitrogens with zero attached hydrogens (tertiary/aromatic N) is 4. The molecule has 2 N–H and O–H groups in total. The summed E-state index contributed by atoms with van der Waals surface area (Å²) < 4.78 is 27.7. The molecule has 6 nitrogen and oxygen atoms in total. The molecule has 1 aromatic carbocycles. The molecule has 5 rings (SSSR count). The normalized spacial score (nSPS) is 26.2. The first-order chi connectivity index (χ1) is 18.4. The first-order valence-electron chi connectivity index (χ1n) is 14.4. The molecule has 2 heterocycles. The van der Waals surface area contributed by atoms with Crippen molar-refractivity contribution in [2.45, 2.75) is 45.4 Å². The van der Waals surface area contributed by atoms with E-state index in [1.165, 1.54) is 25.0 Å². The Bertz CT molecular complexity index is 1120. The average Bonchev–Trinajstić information content (AvgIpc) is 3.48. The highest BCUT2D eigenvalue weighted by molar-refractivity contribution is 5.77. The van der Waals surface area contributed by atoms with Gasteiger partial charge in [-0.3, -0.25) is 0 Å². The van der Waals surface area contributed by atoms with Crippen LogP contribution in [-0.2, 0) is 0 Å². The highest BCUT2D eigenvalue weighted by Crippen LogP contribution is 2.64. The van der Waals surface area contributed by atoms with E-state index in [9.17, 15) is 13.9 Å². The van der Waals surface area contributed by atoms with Crippen molar-refractivity contribution in [3.05, 3.63) is 47.6 Å². The van der Waals surface area contributed by atoms with Crippen LogP contribution in [0.3, 0.4) is 0 Å². The number of rotatable bonds is 12. The Morgan fingerprint density at radius 3 is 2.71 bits per heavy atom. The van der Waals surface area contributed by atoms with Gasteiger partial charge in [-0.1, -0.05) is 31.6 Å². The third kappa shape index (κ3) is 5.97. The maximum Gasteiger partial charge on any atom is 0.203 e. The van der Waals surface area contributed by atoms with Crippen LogP contribution in [0.15, 0.2) is 35.9 Å². The number of halogens is 2. The number of aliphatic hydroxyl groups excluding tert-OH is 1. The molecule has 38 heavy (non-hydrogen) atoms. The van der Waals surface area contributed by atoms with Crippen LogP contribution in [0.1, 0.15) is 45.4 Å². The van der Waals surface area contributed by atoms with E-state index in [-0.39, 0.29) is 6.61 Å². The van der Waals surface area contributed by atoms with Crippen LogP contribution in [0.2, 0.25) is 0 Å². The fourth-order valence-corrected chi connectivity index (χ4v) is 6.79. The van der Waals surface area contributed by atoms with Crippen molar-refractivity contribution in [2.24, 2.45) is 17.3 Å². The number of benzene rings is 1. The minimum absolute atomic E-state index is 0.105. The summed E-state index contributed by atoms with van der Waals surface area (Å²) in [5.74, 6) is 0.106. The Labute approximate surface area is 225 Å². The number of hydrogen-bond donors (Lipinski definition) is 2. The molecular weight excluding hydrogens is 484 g/mol. The van der Waals surface area contributed by atoms with Crippen LogP contribution < -0.4 is 4.90 Å². The van der Waals surface area contributed by atoms with E-state index < -0.39 is 11.6 Å². The molecule has 1 saturated carbocycles. The summed E-state index contributed by atoms with van der Waals surface area (Å²) in [5.41, 5.74) is 2.34. The zero-order valence-electron chi connectivity index (χ0n) is 22.9. The zero-order chi connectivity index (χ0) is 26.7. The van der Waals surface area contributed by atoms with Gasteiger partial charge in [0.2, 0.25) is 5.95 Å². The molecule has 0 spiro atoms. The summed E-state index contributed by atoms with van der Waals surface area (Å²) in [7, 11) is 2.17. The number of imidazole rings is 1. The molecule has 0 radical (unpaired) electrons. The Morgan fingerprint density at radius 2 is 1.95 bits per heavy atom. The van der Waals surface area contributed by atoms with Gasteiger partial charge in [-0.25, -0.2) is 13.8 Å². The summed E-state index contributed by atoms with van der Waals surface area (Å²) in [6.07, 6.45) is 13.3. The van der Waals surface area contributed by atoms with E-state index in [0.29, 0.717) is 34.2 Å². The standard InChI is InChI=1S/C30H43F2N5O/c1-3-9-30(23-7-4-6-22(17-23)21-38)20-24(30)8-12-37(11-5-10-36-15-13-35(2)14-16-36)29-33-27-18-25(31)26(32)19-28(27)34-29/h4,6,17-19,23-24,38H,3,5,7-16,20-21H2,1-2H3,(H,33,34)/t23?,24?,30-/m1/s1. The van der Waals surface area contributed by atoms with Crippen LogP contribution in [0.4, 0.5) is 14.7 Å². The van der Waals surface area contributed by atoms with Crippen LogP contribution in [0.25, 0.3) is 11.0 Å². The Kier molecular flexibility index (Phi) is 8.50. The van der Waals surface area contributed by atoms with Crippen molar-refractivity contribution in [2.75, 3.05) is 64.4 Å². The second-order valence-electron chi connectivity index (χ2n) is 11.6. The average molecular weight is 528 g/mol. The second-order valence-corrected chi connectivity index (χ2v) is 11.6. The Morgan fingerprint density at radius 1 is 1.16 bits per heavy atom. The van der Waals surface area contributed by atoms with Crippen molar-refractivity contribution in [1.29, 1.82) is 0 Å². The maximum atomic E-state index is 13.9. The number of nitrogens with one attached hydrogen (secondary N) is 1. The van der Waals surface area contributed by atoms with E-state index in [0.717, 1.165) is 77.1 Å². The highest BCUT2D eigenvalue weighted by atomic mass is 19.2. The number of piperazine rings is 1. The predicted molar refractivity (Wildman–Crippen MR) is 149 cm³/mol. The van der Waals surface area contributed by atoms with Crippen LogP contribution in [0, 0.1) is 28.9 Å². The molecule has 1 saturated heterocycles. The second kappa shape index (κ2) is 11.8. The number of H-pyrrole nitrogens is 1. The minimum atomic E-state index is -0.865. The first-order valence-corrected chi connectivity index (χ1v) is 14.4. The van der Waals surface area contributed by atoms with Gasteiger partial charge in [0.15, 0.2) is 11.6 Å². The third-order valence-corrected chi connectivity index (χ3v) is 9.11. The molecule has 2 fully saturated rings. The first kappa shape index (κ1) is 27.3. The lowest BCUT2D eigenvalue weighted by atomic mass is 9.77. The summed E-state index contributed by atoms with van der Waals surface area (Å²) in [6.45, 7) is 9.54. The number of aromatic amines is 1. The predicted octanol–water partition coefficient (Wildman–Crippen LogP) is 4.98. The van der Waals surface area contributed by atoms with Crippen LogP contribution in [-0.4, -0.2) is 84.3 Å². The maximum absolute atomic E-state index is 13.9.